The third-order valence-corrected chi connectivity index (χ3v) is 3.75. The maximum absolute atomic E-state index is 11.9. The molecule has 21 heavy (non-hydrogen) atoms. The summed E-state index contributed by atoms with van der Waals surface area (Å²) in [6.45, 7) is 3.09. The first-order chi connectivity index (χ1) is 10.2. The van der Waals surface area contributed by atoms with Crippen LogP contribution < -0.4 is 5.32 Å². The maximum atomic E-state index is 11.9. The number of aromatic carboxylic acids is 1. The fourth-order valence-corrected chi connectivity index (χ4v) is 2.49. The van der Waals surface area contributed by atoms with Gasteiger partial charge < -0.3 is 15.3 Å². The van der Waals surface area contributed by atoms with Gasteiger partial charge in [0, 0.05) is 32.6 Å². The van der Waals surface area contributed by atoms with E-state index in [0.29, 0.717) is 25.1 Å². The minimum Gasteiger partial charge on any atom is -0.478 e. The molecular weight excluding hydrogens is 268 g/mol. The molecule has 0 radical (unpaired) electrons. The number of carbonyl (C=O) groups excluding carboxylic acids is 1. The number of amides is 1. The Hall–Kier alpha value is -1.88. The number of carboxylic acids is 1. The van der Waals surface area contributed by atoms with E-state index in [1.54, 1.807) is 24.3 Å². The summed E-state index contributed by atoms with van der Waals surface area (Å²) < 4.78 is 0. The molecule has 1 saturated heterocycles. The van der Waals surface area contributed by atoms with Crippen LogP contribution in [0, 0.1) is 0 Å². The Morgan fingerprint density at radius 1 is 1.10 bits per heavy atom. The van der Waals surface area contributed by atoms with E-state index in [4.69, 9.17) is 5.11 Å². The number of hydrogen-bond donors (Lipinski definition) is 2. The van der Waals surface area contributed by atoms with Gasteiger partial charge in [0.1, 0.15) is 0 Å². The van der Waals surface area contributed by atoms with Gasteiger partial charge in [-0.05, 0) is 37.0 Å². The van der Waals surface area contributed by atoms with E-state index < -0.39 is 5.97 Å². The van der Waals surface area contributed by atoms with Crippen LogP contribution in [-0.4, -0.2) is 41.5 Å². The lowest BCUT2D eigenvalue weighted by atomic mass is 10.1. The third-order valence-electron chi connectivity index (χ3n) is 3.75. The van der Waals surface area contributed by atoms with Crippen molar-refractivity contribution in [2.45, 2.75) is 32.2 Å². The summed E-state index contributed by atoms with van der Waals surface area (Å²) in [6, 6.07) is 6.78. The molecule has 1 aliphatic rings. The highest BCUT2D eigenvalue weighted by atomic mass is 16.4. The first-order valence-electron chi connectivity index (χ1n) is 7.47. The normalized spacial score (nSPS) is 15.0. The predicted octanol–water partition coefficient (Wildman–Crippen LogP) is 1.88. The highest BCUT2D eigenvalue weighted by Gasteiger charge is 2.15. The second-order valence-corrected chi connectivity index (χ2v) is 5.37. The van der Waals surface area contributed by atoms with Crippen molar-refractivity contribution >= 4 is 11.9 Å². The van der Waals surface area contributed by atoms with Crippen LogP contribution in [0.4, 0.5) is 0 Å². The molecule has 1 aliphatic heterocycles. The molecule has 5 heteroatoms. The van der Waals surface area contributed by atoms with Crippen molar-refractivity contribution in [2.75, 3.05) is 19.6 Å². The lowest BCUT2D eigenvalue weighted by Gasteiger charge is -2.26. The number of nitrogens with one attached hydrogen (secondary N) is 1. The monoisotopic (exact) mass is 290 g/mol. The molecule has 1 aromatic carbocycles. The molecule has 114 valence electrons. The second kappa shape index (κ2) is 7.78. The molecule has 0 aliphatic carbocycles. The maximum Gasteiger partial charge on any atom is 0.335 e. The molecular formula is C16H22N2O3. The van der Waals surface area contributed by atoms with E-state index in [1.807, 2.05) is 4.90 Å². The number of rotatable bonds is 6. The number of likely N-dealkylation sites (tertiary alicyclic amines) is 1. The third kappa shape index (κ3) is 4.86. The van der Waals surface area contributed by atoms with Gasteiger partial charge in [-0.3, -0.25) is 4.79 Å². The van der Waals surface area contributed by atoms with Crippen LogP contribution in [0.2, 0.25) is 0 Å². The SMILES string of the molecule is O=C(O)c1ccc(CNCCC(=O)N2CCCCC2)cc1. The molecule has 2 rings (SSSR count). The zero-order valence-electron chi connectivity index (χ0n) is 12.2. The smallest absolute Gasteiger partial charge is 0.335 e. The van der Waals surface area contributed by atoms with Gasteiger partial charge in [0.25, 0.3) is 0 Å². The topological polar surface area (TPSA) is 69.6 Å². The van der Waals surface area contributed by atoms with Crippen LogP contribution in [0.3, 0.4) is 0 Å². The molecule has 2 N–H and O–H groups in total. The Kier molecular flexibility index (Phi) is 5.75. The van der Waals surface area contributed by atoms with E-state index in [1.165, 1.54) is 6.42 Å². The van der Waals surface area contributed by atoms with Crippen molar-refractivity contribution in [2.24, 2.45) is 0 Å². The Labute approximate surface area is 125 Å². The Bertz CT molecular complexity index is 479. The van der Waals surface area contributed by atoms with E-state index >= 15 is 0 Å². The number of hydrogen-bond acceptors (Lipinski definition) is 3. The lowest BCUT2D eigenvalue weighted by Crippen LogP contribution is -2.37. The van der Waals surface area contributed by atoms with Gasteiger partial charge in [0.05, 0.1) is 5.56 Å². The molecule has 1 heterocycles. The van der Waals surface area contributed by atoms with Crippen LogP contribution in [0.5, 0.6) is 0 Å². The van der Waals surface area contributed by atoms with Crippen LogP contribution in [0.15, 0.2) is 24.3 Å². The summed E-state index contributed by atoms with van der Waals surface area (Å²) >= 11 is 0. The summed E-state index contributed by atoms with van der Waals surface area (Å²) in [5.74, 6) is -0.690. The summed E-state index contributed by atoms with van der Waals surface area (Å²) in [5, 5.41) is 12.0. The van der Waals surface area contributed by atoms with Gasteiger partial charge in [-0.1, -0.05) is 12.1 Å². The van der Waals surface area contributed by atoms with Gasteiger partial charge in [-0.25, -0.2) is 4.79 Å². The van der Waals surface area contributed by atoms with Crippen LogP contribution in [-0.2, 0) is 11.3 Å². The zero-order chi connectivity index (χ0) is 15.1. The minimum absolute atomic E-state index is 0.225. The molecule has 0 spiro atoms. The molecule has 0 bridgehead atoms. The highest BCUT2D eigenvalue weighted by Crippen LogP contribution is 2.09. The van der Waals surface area contributed by atoms with Crippen molar-refractivity contribution < 1.29 is 14.7 Å². The molecule has 0 atom stereocenters. The summed E-state index contributed by atoms with van der Waals surface area (Å²) in [5.41, 5.74) is 1.31. The summed E-state index contributed by atoms with van der Waals surface area (Å²) in [7, 11) is 0. The highest BCUT2D eigenvalue weighted by molar-refractivity contribution is 5.87. The molecule has 1 aromatic rings. The molecule has 1 amide bonds. The zero-order valence-corrected chi connectivity index (χ0v) is 12.2. The molecule has 1 fully saturated rings. The number of carboxylic acid groups (broad SMARTS) is 1. The number of piperidine rings is 1. The molecule has 5 nitrogen and oxygen atoms in total. The van der Waals surface area contributed by atoms with E-state index in [2.05, 4.69) is 5.32 Å². The van der Waals surface area contributed by atoms with Gasteiger partial charge in [0.2, 0.25) is 5.91 Å². The fraction of sp³-hybridized carbons (Fsp3) is 0.500. The fourth-order valence-electron chi connectivity index (χ4n) is 2.49. The number of nitrogens with zero attached hydrogens (tertiary/aromatic N) is 1. The lowest BCUT2D eigenvalue weighted by molar-refractivity contribution is -0.131. The molecule has 0 saturated carbocycles. The van der Waals surface area contributed by atoms with E-state index in [-0.39, 0.29) is 5.91 Å². The van der Waals surface area contributed by atoms with Crippen LogP contribution >= 0.6 is 0 Å². The van der Waals surface area contributed by atoms with Crippen molar-refractivity contribution in [1.29, 1.82) is 0 Å². The summed E-state index contributed by atoms with van der Waals surface area (Å²) in [6.07, 6.45) is 3.99. The van der Waals surface area contributed by atoms with E-state index in [0.717, 1.165) is 31.5 Å². The first kappa shape index (κ1) is 15.5. The van der Waals surface area contributed by atoms with Crippen LogP contribution in [0.25, 0.3) is 0 Å². The van der Waals surface area contributed by atoms with Crippen molar-refractivity contribution in [3.63, 3.8) is 0 Å². The minimum atomic E-state index is -0.915. The van der Waals surface area contributed by atoms with Gasteiger partial charge in [0.15, 0.2) is 0 Å². The van der Waals surface area contributed by atoms with Crippen molar-refractivity contribution in [3.05, 3.63) is 35.4 Å². The number of benzene rings is 1. The average Bonchev–Trinajstić information content (AvgIpc) is 2.52. The molecule has 0 aromatic heterocycles. The molecule has 0 unspecified atom stereocenters. The second-order valence-electron chi connectivity index (χ2n) is 5.37. The standard InChI is InChI=1S/C16H22N2O3/c19-15(18-10-2-1-3-11-18)8-9-17-12-13-4-6-14(7-5-13)16(20)21/h4-7,17H,1-3,8-12H2,(H,20,21). The quantitative estimate of drug-likeness (QED) is 0.785. The Morgan fingerprint density at radius 3 is 2.38 bits per heavy atom. The Balaban J connectivity index is 1.67. The van der Waals surface area contributed by atoms with Crippen LogP contribution in [0.1, 0.15) is 41.6 Å². The largest absolute Gasteiger partial charge is 0.478 e. The number of carbonyl (C=O) groups is 2. The average molecular weight is 290 g/mol. The Morgan fingerprint density at radius 2 is 1.76 bits per heavy atom. The summed E-state index contributed by atoms with van der Waals surface area (Å²) in [4.78, 5) is 24.6. The predicted molar refractivity (Wildman–Crippen MR) is 80.2 cm³/mol. The van der Waals surface area contributed by atoms with E-state index in [9.17, 15) is 9.59 Å². The first-order valence-corrected chi connectivity index (χ1v) is 7.47. The van der Waals surface area contributed by atoms with Gasteiger partial charge >= 0.3 is 5.97 Å². The van der Waals surface area contributed by atoms with Gasteiger partial charge in [-0.15, -0.1) is 0 Å². The van der Waals surface area contributed by atoms with Crippen molar-refractivity contribution in [1.82, 2.24) is 10.2 Å². The van der Waals surface area contributed by atoms with Crippen molar-refractivity contribution in [3.8, 4) is 0 Å². The van der Waals surface area contributed by atoms with Gasteiger partial charge in [-0.2, -0.15) is 0 Å².